The quantitative estimate of drug-likeness (QED) is 0.770. The van der Waals surface area contributed by atoms with E-state index in [9.17, 15) is 4.79 Å². The van der Waals surface area contributed by atoms with Crippen LogP contribution in [-0.2, 0) is 4.79 Å². The standard InChI is InChI=1S/C17H26BrNO/c1-11(14-2-3-14)19-15(20)9-16-5-12-4-13(6-16)8-17(18,7-12)10-16/h11-14H,2-10H2,1H3,(H,19,20). The molecule has 1 amide bonds. The van der Waals surface area contributed by atoms with Crippen LogP contribution in [0, 0.1) is 23.2 Å². The minimum Gasteiger partial charge on any atom is -0.353 e. The Kier molecular flexibility index (Phi) is 3.04. The average Bonchev–Trinajstić information content (AvgIpc) is 3.06. The largest absolute Gasteiger partial charge is 0.353 e. The first-order valence-electron chi connectivity index (χ1n) is 8.44. The first-order chi connectivity index (χ1) is 9.45. The lowest BCUT2D eigenvalue weighted by Gasteiger charge is -2.60. The molecule has 5 aliphatic carbocycles. The second kappa shape index (κ2) is 4.47. The molecule has 5 saturated carbocycles. The lowest BCUT2D eigenvalue weighted by molar-refractivity contribution is -0.128. The second-order valence-electron chi connectivity index (χ2n) is 8.48. The smallest absolute Gasteiger partial charge is 0.220 e. The van der Waals surface area contributed by atoms with E-state index in [1.807, 2.05) is 0 Å². The van der Waals surface area contributed by atoms with E-state index in [0.29, 0.717) is 21.7 Å². The van der Waals surface area contributed by atoms with Gasteiger partial charge in [0.25, 0.3) is 0 Å². The Morgan fingerprint density at radius 1 is 1.25 bits per heavy atom. The summed E-state index contributed by atoms with van der Waals surface area (Å²) in [6.45, 7) is 2.18. The van der Waals surface area contributed by atoms with E-state index in [4.69, 9.17) is 0 Å². The molecule has 0 aromatic heterocycles. The molecule has 0 radical (unpaired) electrons. The van der Waals surface area contributed by atoms with Crippen molar-refractivity contribution in [3.8, 4) is 0 Å². The molecule has 5 aliphatic rings. The van der Waals surface area contributed by atoms with Crippen molar-refractivity contribution in [2.24, 2.45) is 23.2 Å². The van der Waals surface area contributed by atoms with Crippen molar-refractivity contribution < 1.29 is 4.79 Å². The SMILES string of the molecule is CC(NC(=O)CC12CC3CC(CC(Br)(C3)C1)C2)C1CC1. The Morgan fingerprint density at radius 2 is 1.90 bits per heavy atom. The third kappa shape index (κ3) is 2.44. The van der Waals surface area contributed by atoms with E-state index in [1.165, 1.54) is 51.4 Å². The zero-order chi connectivity index (χ0) is 14.0. The fraction of sp³-hybridized carbons (Fsp3) is 0.941. The third-order valence-electron chi connectivity index (χ3n) is 6.36. The fourth-order valence-electron chi connectivity index (χ4n) is 5.90. The number of hydrogen-bond donors (Lipinski definition) is 1. The van der Waals surface area contributed by atoms with E-state index >= 15 is 0 Å². The van der Waals surface area contributed by atoms with Crippen molar-refractivity contribution >= 4 is 21.8 Å². The van der Waals surface area contributed by atoms with Gasteiger partial charge in [0.1, 0.15) is 0 Å². The van der Waals surface area contributed by atoms with Gasteiger partial charge in [0.05, 0.1) is 0 Å². The predicted octanol–water partition coefficient (Wildman–Crippen LogP) is 4.03. The minimum atomic E-state index is 0.320. The van der Waals surface area contributed by atoms with E-state index in [1.54, 1.807) is 0 Å². The highest BCUT2D eigenvalue weighted by molar-refractivity contribution is 9.10. The lowest BCUT2D eigenvalue weighted by atomic mass is 9.48. The second-order valence-corrected chi connectivity index (χ2v) is 10.2. The highest BCUT2D eigenvalue weighted by Crippen LogP contribution is 2.65. The van der Waals surface area contributed by atoms with Crippen LogP contribution in [0.3, 0.4) is 0 Å². The molecule has 0 spiro atoms. The summed E-state index contributed by atoms with van der Waals surface area (Å²) in [7, 11) is 0. The van der Waals surface area contributed by atoms with Gasteiger partial charge in [-0.2, -0.15) is 0 Å². The maximum absolute atomic E-state index is 12.4. The monoisotopic (exact) mass is 339 g/mol. The highest BCUT2D eigenvalue weighted by atomic mass is 79.9. The number of hydrogen-bond acceptors (Lipinski definition) is 1. The fourth-order valence-corrected chi connectivity index (χ4v) is 7.41. The average molecular weight is 340 g/mol. The summed E-state index contributed by atoms with van der Waals surface area (Å²) in [6.07, 6.45) is 11.4. The van der Waals surface area contributed by atoms with Gasteiger partial charge in [-0.3, -0.25) is 4.79 Å². The molecule has 5 rings (SSSR count). The number of alkyl halides is 1. The molecule has 3 unspecified atom stereocenters. The summed E-state index contributed by atoms with van der Waals surface area (Å²) in [4.78, 5) is 12.4. The van der Waals surface area contributed by atoms with Gasteiger partial charge in [-0.05, 0) is 81.5 Å². The molecule has 0 aliphatic heterocycles. The van der Waals surface area contributed by atoms with Gasteiger partial charge in [-0.1, -0.05) is 15.9 Å². The summed E-state index contributed by atoms with van der Waals surface area (Å²) in [5.74, 6) is 2.84. The van der Waals surface area contributed by atoms with Gasteiger partial charge in [0.15, 0.2) is 0 Å². The maximum atomic E-state index is 12.4. The van der Waals surface area contributed by atoms with E-state index in [0.717, 1.165) is 24.2 Å². The normalized spacial score (nSPS) is 47.3. The molecule has 2 nitrogen and oxygen atoms in total. The Morgan fingerprint density at radius 3 is 2.45 bits per heavy atom. The molecule has 0 saturated heterocycles. The first-order valence-corrected chi connectivity index (χ1v) is 9.23. The molecule has 0 aromatic carbocycles. The van der Waals surface area contributed by atoms with Crippen LogP contribution >= 0.6 is 15.9 Å². The summed E-state index contributed by atoms with van der Waals surface area (Å²) in [6, 6.07) is 0.398. The van der Waals surface area contributed by atoms with Crippen molar-refractivity contribution in [3.05, 3.63) is 0 Å². The van der Waals surface area contributed by atoms with Crippen molar-refractivity contribution in [2.75, 3.05) is 0 Å². The van der Waals surface area contributed by atoms with Crippen LogP contribution in [0.15, 0.2) is 0 Å². The molecule has 20 heavy (non-hydrogen) atoms. The topological polar surface area (TPSA) is 29.1 Å². The maximum Gasteiger partial charge on any atom is 0.220 e. The molecule has 1 N–H and O–H groups in total. The first kappa shape index (κ1) is 13.6. The molecule has 0 aromatic rings. The van der Waals surface area contributed by atoms with Crippen LogP contribution in [0.2, 0.25) is 0 Å². The van der Waals surface area contributed by atoms with Crippen LogP contribution in [-0.4, -0.2) is 16.3 Å². The summed E-state index contributed by atoms with van der Waals surface area (Å²) >= 11 is 4.03. The minimum absolute atomic E-state index is 0.320. The number of carbonyl (C=O) groups excluding carboxylic acids is 1. The molecule has 112 valence electrons. The number of halogens is 1. The van der Waals surface area contributed by atoms with E-state index < -0.39 is 0 Å². The predicted molar refractivity (Wildman–Crippen MR) is 83.7 cm³/mol. The molecule has 5 fully saturated rings. The van der Waals surface area contributed by atoms with Gasteiger partial charge in [0.2, 0.25) is 5.91 Å². The Labute approximate surface area is 130 Å². The summed E-state index contributed by atoms with van der Waals surface area (Å²) in [5.41, 5.74) is 0.320. The molecule has 3 heteroatoms. The molecule has 4 bridgehead atoms. The van der Waals surface area contributed by atoms with Crippen molar-refractivity contribution in [1.29, 1.82) is 0 Å². The highest BCUT2D eigenvalue weighted by Gasteiger charge is 2.57. The summed E-state index contributed by atoms with van der Waals surface area (Å²) in [5, 5.41) is 3.28. The number of amides is 1. The van der Waals surface area contributed by atoms with Crippen molar-refractivity contribution in [1.82, 2.24) is 5.32 Å². The van der Waals surface area contributed by atoms with Crippen LogP contribution < -0.4 is 5.32 Å². The molecule has 0 heterocycles. The van der Waals surface area contributed by atoms with Gasteiger partial charge < -0.3 is 5.32 Å². The Bertz CT molecular complexity index is 417. The van der Waals surface area contributed by atoms with Gasteiger partial charge >= 0.3 is 0 Å². The number of rotatable bonds is 4. The lowest BCUT2D eigenvalue weighted by Crippen LogP contribution is -2.54. The van der Waals surface area contributed by atoms with Gasteiger partial charge in [0, 0.05) is 16.8 Å². The zero-order valence-corrected chi connectivity index (χ0v) is 14.0. The Hall–Kier alpha value is -0.0500. The van der Waals surface area contributed by atoms with Gasteiger partial charge in [-0.25, -0.2) is 0 Å². The van der Waals surface area contributed by atoms with E-state index in [2.05, 4.69) is 28.2 Å². The summed E-state index contributed by atoms with van der Waals surface area (Å²) < 4.78 is 0.374. The van der Waals surface area contributed by atoms with E-state index in [-0.39, 0.29) is 0 Å². The van der Waals surface area contributed by atoms with Crippen molar-refractivity contribution in [2.45, 2.75) is 75.1 Å². The van der Waals surface area contributed by atoms with Crippen LogP contribution in [0.1, 0.15) is 64.7 Å². The van der Waals surface area contributed by atoms with Crippen molar-refractivity contribution in [3.63, 3.8) is 0 Å². The molecular formula is C17H26BrNO. The number of carbonyl (C=O) groups is 1. The third-order valence-corrected chi connectivity index (χ3v) is 7.29. The number of nitrogens with one attached hydrogen (secondary N) is 1. The van der Waals surface area contributed by atoms with Gasteiger partial charge in [-0.15, -0.1) is 0 Å². The zero-order valence-electron chi connectivity index (χ0n) is 12.5. The van der Waals surface area contributed by atoms with Crippen LogP contribution in [0.25, 0.3) is 0 Å². The molecular weight excluding hydrogens is 314 g/mol. The Balaban J connectivity index is 1.43. The molecule has 3 atom stereocenters. The van der Waals surface area contributed by atoms with Crippen LogP contribution in [0.4, 0.5) is 0 Å². The van der Waals surface area contributed by atoms with Crippen LogP contribution in [0.5, 0.6) is 0 Å².